The molecule has 0 heterocycles. The number of carboxylic acid groups (broad SMARTS) is 1. The summed E-state index contributed by atoms with van der Waals surface area (Å²) in [7, 11) is 0. The molecule has 0 aromatic heterocycles. The second kappa shape index (κ2) is 10.9. The fourth-order valence-electron chi connectivity index (χ4n) is 2.19. The molecule has 0 unspecified atom stereocenters. The van der Waals surface area contributed by atoms with Crippen LogP contribution in [-0.4, -0.2) is 17.0 Å². The predicted octanol–water partition coefficient (Wildman–Crippen LogP) is 4.22. The number of carboxylic acids is 1. The number of aliphatic carboxylic acids is 1. The molecule has 0 radical (unpaired) electrons. The topological polar surface area (TPSA) is 66.4 Å². The van der Waals surface area contributed by atoms with Crippen LogP contribution in [0, 0.1) is 0 Å². The maximum atomic E-state index is 11.7. The monoisotopic (exact) mass is 291 g/mol. The largest absolute Gasteiger partial charge is 0.481 e. The highest BCUT2D eigenvalue weighted by molar-refractivity contribution is 5.90. The molecule has 4 nitrogen and oxygen atoms in total. The summed E-state index contributed by atoms with van der Waals surface area (Å²) >= 11 is 0. The second-order valence-electron chi connectivity index (χ2n) is 5.28. The summed E-state index contributed by atoms with van der Waals surface area (Å²) in [6.07, 6.45) is 7.90. The highest BCUT2D eigenvalue weighted by Crippen LogP contribution is 2.11. The Kier molecular flexibility index (Phi) is 8.93. The molecule has 0 saturated heterocycles. The molecule has 2 N–H and O–H groups in total. The van der Waals surface area contributed by atoms with Crippen LogP contribution < -0.4 is 5.32 Å². The van der Waals surface area contributed by atoms with Gasteiger partial charge in [-0.15, -0.1) is 0 Å². The van der Waals surface area contributed by atoms with Crippen LogP contribution >= 0.6 is 0 Å². The Morgan fingerprint density at radius 1 is 0.810 bits per heavy atom. The number of rotatable bonds is 11. The quantitative estimate of drug-likeness (QED) is 0.600. The molecule has 116 valence electrons. The summed E-state index contributed by atoms with van der Waals surface area (Å²) in [5.41, 5.74) is 0.848. The van der Waals surface area contributed by atoms with E-state index in [0.717, 1.165) is 50.6 Å². The van der Waals surface area contributed by atoms with E-state index in [-0.39, 0.29) is 12.3 Å². The molecule has 1 aromatic rings. The number of carbonyl (C=O) groups excluding carboxylic acids is 1. The van der Waals surface area contributed by atoms with Crippen LogP contribution in [0.3, 0.4) is 0 Å². The Balaban J connectivity index is 1.92. The van der Waals surface area contributed by atoms with Crippen LogP contribution in [0.5, 0.6) is 0 Å². The summed E-state index contributed by atoms with van der Waals surface area (Å²) in [5.74, 6) is -0.637. The first-order valence-corrected chi connectivity index (χ1v) is 7.75. The molecule has 0 atom stereocenters. The molecule has 0 bridgehead atoms. The van der Waals surface area contributed by atoms with E-state index in [1.54, 1.807) is 0 Å². The molecule has 1 aromatic carbocycles. The van der Waals surface area contributed by atoms with Crippen molar-refractivity contribution in [2.24, 2.45) is 0 Å². The van der Waals surface area contributed by atoms with E-state index in [0.29, 0.717) is 6.42 Å². The van der Waals surface area contributed by atoms with Gasteiger partial charge in [0.05, 0.1) is 0 Å². The van der Waals surface area contributed by atoms with Gasteiger partial charge in [0.15, 0.2) is 0 Å². The molecule has 0 aliphatic rings. The van der Waals surface area contributed by atoms with E-state index >= 15 is 0 Å². The van der Waals surface area contributed by atoms with Gasteiger partial charge in [0, 0.05) is 18.5 Å². The lowest BCUT2D eigenvalue weighted by atomic mass is 10.1. The van der Waals surface area contributed by atoms with Gasteiger partial charge in [0.1, 0.15) is 0 Å². The Morgan fingerprint density at radius 3 is 1.90 bits per heavy atom. The van der Waals surface area contributed by atoms with Crippen molar-refractivity contribution in [1.29, 1.82) is 0 Å². The number of amides is 1. The molecule has 0 saturated carbocycles. The van der Waals surface area contributed by atoms with Gasteiger partial charge in [0.25, 0.3) is 0 Å². The second-order valence-corrected chi connectivity index (χ2v) is 5.28. The summed E-state index contributed by atoms with van der Waals surface area (Å²) in [4.78, 5) is 22.0. The molecule has 1 amide bonds. The number of nitrogens with one attached hydrogen (secondary N) is 1. The van der Waals surface area contributed by atoms with Crippen molar-refractivity contribution in [2.75, 3.05) is 5.32 Å². The summed E-state index contributed by atoms with van der Waals surface area (Å²) < 4.78 is 0. The van der Waals surface area contributed by atoms with Crippen molar-refractivity contribution in [3.63, 3.8) is 0 Å². The van der Waals surface area contributed by atoms with E-state index in [9.17, 15) is 9.59 Å². The average molecular weight is 291 g/mol. The van der Waals surface area contributed by atoms with E-state index in [2.05, 4.69) is 5.32 Å². The average Bonchev–Trinajstić information content (AvgIpc) is 2.46. The van der Waals surface area contributed by atoms with Gasteiger partial charge < -0.3 is 10.4 Å². The third-order valence-corrected chi connectivity index (χ3v) is 3.35. The van der Waals surface area contributed by atoms with Gasteiger partial charge in [-0.1, -0.05) is 50.3 Å². The normalized spacial score (nSPS) is 10.3. The molecular weight excluding hydrogens is 266 g/mol. The lowest BCUT2D eigenvalue weighted by Crippen LogP contribution is -2.10. The van der Waals surface area contributed by atoms with E-state index in [4.69, 9.17) is 5.11 Å². The minimum Gasteiger partial charge on any atom is -0.481 e. The smallest absolute Gasteiger partial charge is 0.303 e. The van der Waals surface area contributed by atoms with Crippen molar-refractivity contribution in [1.82, 2.24) is 0 Å². The minimum absolute atomic E-state index is 0.0719. The van der Waals surface area contributed by atoms with Gasteiger partial charge in [-0.3, -0.25) is 9.59 Å². The van der Waals surface area contributed by atoms with Crippen LogP contribution in [0.4, 0.5) is 5.69 Å². The van der Waals surface area contributed by atoms with Crippen LogP contribution in [0.25, 0.3) is 0 Å². The highest BCUT2D eigenvalue weighted by Gasteiger charge is 2.01. The molecule has 0 aliphatic heterocycles. The Hall–Kier alpha value is -1.84. The molecule has 4 heteroatoms. The first kappa shape index (κ1) is 17.2. The standard InChI is InChI=1S/C17H25NO3/c19-16(18-15-11-7-6-8-12-15)13-9-4-2-1-3-5-10-14-17(20)21/h6-8,11-12H,1-5,9-10,13-14H2,(H,18,19)(H,20,21). The maximum absolute atomic E-state index is 11.7. The first-order chi connectivity index (χ1) is 10.2. The van der Waals surface area contributed by atoms with Gasteiger partial charge in [-0.25, -0.2) is 0 Å². The number of hydrogen-bond donors (Lipinski definition) is 2. The zero-order chi connectivity index (χ0) is 15.3. The molecule has 0 spiro atoms. The molecule has 1 rings (SSSR count). The van der Waals surface area contributed by atoms with Gasteiger partial charge in [-0.05, 0) is 25.0 Å². The van der Waals surface area contributed by atoms with E-state index in [1.165, 1.54) is 0 Å². The fourth-order valence-corrected chi connectivity index (χ4v) is 2.19. The zero-order valence-electron chi connectivity index (χ0n) is 12.5. The lowest BCUT2D eigenvalue weighted by Gasteiger charge is -2.05. The fraction of sp³-hybridized carbons (Fsp3) is 0.529. The van der Waals surface area contributed by atoms with E-state index in [1.807, 2.05) is 30.3 Å². The van der Waals surface area contributed by atoms with Crippen molar-refractivity contribution in [3.8, 4) is 0 Å². The number of hydrogen-bond acceptors (Lipinski definition) is 2. The Bertz CT molecular complexity index is 417. The summed E-state index contributed by atoms with van der Waals surface area (Å²) in [6.45, 7) is 0. The summed E-state index contributed by atoms with van der Waals surface area (Å²) in [6, 6.07) is 9.50. The molecule has 0 fully saturated rings. The number of unbranched alkanes of at least 4 members (excludes halogenated alkanes) is 6. The van der Waals surface area contributed by atoms with E-state index < -0.39 is 5.97 Å². The van der Waals surface area contributed by atoms with Crippen molar-refractivity contribution >= 4 is 17.6 Å². The third-order valence-electron chi connectivity index (χ3n) is 3.35. The van der Waals surface area contributed by atoms with Crippen LogP contribution in [-0.2, 0) is 9.59 Å². The lowest BCUT2D eigenvalue weighted by molar-refractivity contribution is -0.137. The van der Waals surface area contributed by atoms with Gasteiger partial charge >= 0.3 is 5.97 Å². The number of anilines is 1. The highest BCUT2D eigenvalue weighted by atomic mass is 16.4. The summed E-state index contributed by atoms with van der Waals surface area (Å²) in [5, 5.41) is 11.4. The number of para-hydroxylation sites is 1. The Labute approximate surface area is 126 Å². The first-order valence-electron chi connectivity index (χ1n) is 7.75. The van der Waals surface area contributed by atoms with Crippen molar-refractivity contribution in [3.05, 3.63) is 30.3 Å². The molecular formula is C17H25NO3. The SMILES string of the molecule is O=C(O)CCCCCCCCCC(=O)Nc1ccccc1. The van der Waals surface area contributed by atoms with Crippen LogP contribution in [0.2, 0.25) is 0 Å². The number of carbonyl (C=O) groups is 2. The van der Waals surface area contributed by atoms with Crippen LogP contribution in [0.1, 0.15) is 57.8 Å². The van der Waals surface area contributed by atoms with Crippen molar-refractivity contribution in [2.45, 2.75) is 57.8 Å². The van der Waals surface area contributed by atoms with Gasteiger partial charge in [-0.2, -0.15) is 0 Å². The zero-order valence-corrected chi connectivity index (χ0v) is 12.5. The van der Waals surface area contributed by atoms with Crippen LogP contribution in [0.15, 0.2) is 30.3 Å². The minimum atomic E-state index is -0.709. The molecule has 21 heavy (non-hydrogen) atoms. The van der Waals surface area contributed by atoms with Crippen molar-refractivity contribution < 1.29 is 14.7 Å². The number of benzene rings is 1. The predicted molar refractivity (Wildman–Crippen MR) is 84.3 cm³/mol. The third kappa shape index (κ3) is 9.66. The van der Waals surface area contributed by atoms with Gasteiger partial charge in [0.2, 0.25) is 5.91 Å². The maximum Gasteiger partial charge on any atom is 0.303 e. The Morgan fingerprint density at radius 2 is 1.33 bits per heavy atom. The molecule has 0 aliphatic carbocycles.